The maximum Gasteiger partial charge on any atom is 0.246 e. The van der Waals surface area contributed by atoms with E-state index >= 15 is 0 Å². The number of nitrogens with zero attached hydrogens (tertiary/aromatic N) is 2. The van der Waals surface area contributed by atoms with E-state index in [0.717, 1.165) is 27.7 Å². The van der Waals surface area contributed by atoms with Crippen molar-refractivity contribution in [1.29, 1.82) is 0 Å². The number of amides is 2. The van der Waals surface area contributed by atoms with Gasteiger partial charge in [0.2, 0.25) is 11.8 Å². The molecule has 3 heterocycles. The van der Waals surface area contributed by atoms with Crippen molar-refractivity contribution < 1.29 is 14.7 Å². The Morgan fingerprint density at radius 1 is 1.13 bits per heavy atom. The molecule has 1 fully saturated rings. The van der Waals surface area contributed by atoms with Gasteiger partial charge in [0.05, 0.1) is 12.6 Å². The number of piperazine rings is 1. The molecule has 0 saturated carbocycles. The van der Waals surface area contributed by atoms with E-state index < -0.39 is 12.1 Å². The molecular formula is C23H22ClN3O3. The smallest absolute Gasteiger partial charge is 0.246 e. The van der Waals surface area contributed by atoms with Crippen molar-refractivity contribution in [3.05, 3.63) is 70.4 Å². The second kappa shape index (κ2) is 7.45. The van der Waals surface area contributed by atoms with Crippen LogP contribution in [0.4, 0.5) is 0 Å². The zero-order chi connectivity index (χ0) is 20.8. The van der Waals surface area contributed by atoms with Crippen molar-refractivity contribution in [2.24, 2.45) is 0 Å². The van der Waals surface area contributed by atoms with E-state index in [1.807, 2.05) is 42.5 Å². The molecule has 6 nitrogen and oxygen atoms in total. The first-order chi connectivity index (χ1) is 14.6. The zero-order valence-electron chi connectivity index (χ0n) is 16.3. The van der Waals surface area contributed by atoms with Gasteiger partial charge in [-0.1, -0.05) is 41.9 Å². The number of carbonyl (C=O) groups excluding carboxylic acids is 2. The molecule has 0 bridgehead atoms. The fourth-order valence-electron chi connectivity index (χ4n) is 4.80. The number of aliphatic hydroxyl groups is 1. The lowest BCUT2D eigenvalue weighted by Crippen LogP contribution is -2.63. The van der Waals surface area contributed by atoms with E-state index in [1.54, 1.807) is 15.9 Å². The van der Waals surface area contributed by atoms with Crippen LogP contribution in [0, 0.1) is 0 Å². The van der Waals surface area contributed by atoms with E-state index in [2.05, 4.69) is 4.98 Å². The Kier molecular flexibility index (Phi) is 4.76. The Hall–Kier alpha value is -2.83. The number of aromatic nitrogens is 1. The summed E-state index contributed by atoms with van der Waals surface area (Å²) < 4.78 is 0. The molecule has 2 atom stereocenters. The molecule has 2 aliphatic heterocycles. The van der Waals surface area contributed by atoms with Gasteiger partial charge in [-0.2, -0.15) is 0 Å². The maximum absolute atomic E-state index is 13.3. The molecule has 5 rings (SSSR count). The van der Waals surface area contributed by atoms with Crippen LogP contribution in [0.15, 0.2) is 48.5 Å². The number of carbonyl (C=O) groups is 2. The lowest BCUT2D eigenvalue weighted by Gasteiger charge is -2.47. The Balaban J connectivity index is 1.67. The van der Waals surface area contributed by atoms with Gasteiger partial charge in [-0.25, -0.2) is 0 Å². The van der Waals surface area contributed by atoms with Crippen LogP contribution < -0.4 is 0 Å². The number of nitrogens with one attached hydrogen (secondary N) is 1. The van der Waals surface area contributed by atoms with Crippen molar-refractivity contribution in [3.63, 3.8) is 0 Å². The minimum Gasteiger partial charge on any atom is -0.396 e. The monoisotopic (exact) mass is 423 g/mol. The molecule has 3 aromatic rings. The third kappa shape index (κ3) is 2.99. The number of halogens is 1. The third-order valence-electron chi connectivity index (χ3n) is 6.09. The normalized spacial score (nSPS) is 21.1. The zero-order valence-corrected chi connectivity index (χ0v) is 17.1. The highest BCUT2D eigenvalue weighted by atomic mass is 35.5. The van der Waals surface area contributed by atoms with Crippen molar-refractivity contribution in [2.45, 2.75) is 24.9 Å². The summed E-state index contributed by atoms with van der Waals surface area (Å²) in [6.45, 7) is 0.403. The number of rotatable bonds is 4. The van der Waals surface area contributed by atoms with Crippen molar-refractivity contribution in [3.8, 4) is 0 Å². The summed E-state index contributed by atoms with van der Waals surface area (Å²) in [5.41, 5.74) is 3.89. The van der Waals surface area contributed by atoms with E-state index in [1.165, 1.54) is 0 Å². The van der Waals surface area contributed by atoms with Crippen molar-refractivity contribution >= 4 is 34.3 Å². The first-order valence-corrected chi connectivity index (χ1v) is 10.5. The van der Waals surface area contributed by atoms with Crippen molar-refractivity contribution in [1.82, 2.24) is 14.8 Å². The minimum atomic E-state index is -0.569. The maximum atomic E-state index is 13.3. The molecule has 2 N–H and O–H groups in total. The van der Waals surface area contributed by atoms with E-state index in [0.29, 0.717) is 24.4 Å². The number of hydrogen-bond donors (Lipinski definition) is 2. The van der Waals surface area contributed by atoms with Crippen LogP contribution in [-0.4, -0.2) is 57.4 Å². The summed E-state index contributed by atoms with van der Waals surface area (Å²) in [5, 5.41) is 10.8. The van der Waals surface area contributed by atoms with Gasteiger partial charge < -0.3 is 19.9 Å². The molecule has 1 unspecified atom stereocenters. The fourth-order valence-corrected chi connectivity index (χ4v) is 5.00. The first kappa shape index (κ1) is 19.2. The molecule has 7 heteroatoms. The Bertz CT molecular complexity index is 1140. The number of aliphatic hydroxyl groups excluding tert-OH is 1. The van der Waals surface area contributed by atoms with Gasteiger partial charge in [0.1, 0.15) is 6.04 Å². The van der Waals surface area contributed by atoms with Crippen LogP contribution in [0.3, 0.4) is 0 Å². The Morgan fingerprint density at radius 3 is 2.77 bits per heavy atom. The average molecular weight is 424 g/mol. The molecule has 30 heavy (non-hydrogen) atoms. The van der Waals surface area contributed by atoms with Gasteiger partial charge in [0, 0.05) is 41.2 Å². The van der Waals surface area contributed by atoms with Crippen molar-refractivity contribution in [2.75, 3.05) is 19.7 Å². The average Bonchev–Trinajstić information content (AvgIpc) is 3.12. The van der Waals surface area contributed by atoms with Gasteiger partial charge in [-0.05, 0) is 35.7 Å². The molecule has 0 aliphatic carbocycles. The standard InChI is InChI=1S/C23H22ClN3O3/c24-15-6-3-5-14(11-15)22-21-17(16-7-1-2-8-18(16)25-21)12-19-23(30)26(9-4-10-28)13-20(29)27(19)22/h1-3,5-8,11,19,22,25,28H,4,9-10,12-13H2/t19-,22?/m0/s1. The molecule has 0 spiro atoms. The minimum absolute atomic E-state index is 0.00983. The molecule has 0 radical (unpaired) electrons. The lowest BCUT2D eigenvalue weighted by molar-refractivity contribution is -0.158. The first-order valence-electron chi connectivity index (χ1n) is 10.1. The summed E-state index contributed by atoms with van der Waals surface area (Å²) >= 11 is 6.28. The van der Waals surface area contributed by atoms with Gasteiger partial charge in [-0.15, -0.1) is 0 Å². The lowest BCUT2D eigenvalue weighted by atomic mass is 9.86. The van der Waals surface area contributed by atoms with Crippen LogP contribution in [0.5, 0.6) is 0 Å². The molecule has 2 amide bonds. The summed E-state index contributed by atoms with van der Waals surface area (Å²) in [4.78, 5) is 33.4. The predicted octanol–water partition coefficient (Wildman–Crippen LogP) is 2.89. The van der Waals surface area contributed by atoms with Crippen LogP contribution in [-0.2, 0) is 16.0 Å². The second-order valence-corrected chi connectivity index (χ2v) is 8.31. The number of hydrogen-bond acceptors (Lipinski definition) is 3. The van der Waals surface area contributed by atoms with Gasteiger partial charge in [-0.3, -0.25) is 9.59 Å². The quantitative estimate of drug-likeness (QED) is 0.677. The molecule has 1 aromatic heterocycles. The van der Waals surface area contributed by atoms with E-state index in [4.69, 9.17) is 16.7 Å². The topological polar surface area (TPSA) is 76.6 Å². The number of H-pyrrole nitrogens is 1. The highest BCUT2D eigenvalue weighted by Crippen LogP contribution is 2.42. The SMILES string of the molecule is O=C1[C@@H]2Cc3c([nH]c4ccccc34)C(c3cccc(Cl)c3)N2C(=O)CN1CCCO. The van der Waals surface area contributed by atoms with E-state index in [9.17, 15) is 9.59 Å². The number of benzene rings is 2. The van der Waals surface area contributed by atoms with E-state index in [-0.39, 0.29) is 25.0 Å². The summed E-state index contributed by atoms with van der Waals surface area (Å²) in [7, 11) is 0. The Morgan fingerprint density at radius 2 is 1.97 bits per heavy atom. The highest BCUT2D eigenvalue weighted by molar-refractivity contribution is 6.30. The predicted molar refractivity (Wildman–Crippen MR) is 114 cm³/mol. The number of para-hydroxylation sites is 1. The van der Waals surface area contributed by atoms with Gasteiger partial charge in [0.15, 0.2) is 0 Å². The van der Waals surface area contributed by atoms with Crippen LogP contribution in [0.2, 0.25) is 5.02 Å². The number of fused-ring (bicyclic) bond motifs is 4. The van der Waals surface area contributed by atoms with Crippen LogP contribution in [0.1, 0.15) is 29.3 Å². The van der Waals surface area contributed by atoms with Gasteiger partial charge in [0.25, 0.3) is 0 Å². The molecule has 2 aromatic carbocycles. The summed E-state index contributed by atoms with van der Waals surface area (Å²) in [6.07, 6.45) is 0.929. The van der Waals surface area contributed by atoms with Gasteiger partial charge >= 0.3 is 0 Å². The summed E-state index contributed by atoms with van der Waals surface area (Å²) in [5.74, 6) is -0.155. The third-order valence-corrected chi connectivity index (χ3v) is 6.33. The molecule has 154 valence electrons. The highest BCUT2D eigenvalue weighted by Gasteiger charge is 2.48. The Labute approximate surface area is 179 Å². The summed E-state index contributed by atoms with van der Waals surface area (Å²) in [6, 6.07) is 14.5. The fraction of sp³-hybridized carbons (Fsp3) is 0.304. The van der Waals surface area contributed by atoms with Crippen LogP contribution >= 0.6 is 11.6 Å². The number of aromatic amines is 1. The second-order valence-electron chi connectivity index (χ2n) is 7.88. The molecule has 1 saturated heterocycles. The molecule has 2 aliphatic rings. The van der Waals surface area contributed by atoms with Crippen LogP contribution in [0.25, 0.3) is 10.9 Å². The largest absolute Gasteiger partial charge is 0.396 e. The molecular weight excluding hydrogens is 402 g/mol.